The molecule has 10 nitrogen and oxygen atoms in total. The molecule has 0 aliphatic rings. The minimum Gasteiger partial charge on any atom is -0.480 e. The number of carboxylic acids is 1. The standard InChI is InChI=1S/C26H25N5O5/c27-21(26(33)34)10-11-23(32)30-25-20(4-3-13-29-25)22-15-19(31-36-22)14-17-6-8-18(9-7-17)16-35-24-5-1-2-12-28-24/h1-9,12-13,15,21H,10-11,14,16,27H2,(H,33,34)(H,29,30,32)/t21-/m0/s1. The van der Waals surface area contributed by atoms with Crippen LogP contribution in [0.4, 0.5) is 5.82 Å². The second-order valence-corrected chi connectivity index (χ2v) is 8.06. The van der Waals surface area contributed by atoms with Gasteiger partial charge in [-0.25, -0.2) is 9.97 Å². The summed E-state index contributed by atoms with van der Waals surface area (Å²) in [6.07, 6.45) is 3.75. The smallest absolute Gasteiger partial charge is 0.320 e. The van der Waals surface area contributed by atoms with Gasteiger partial charge in [-0.15, -0.1) is 0 Å². The van der Waals surface area contributed by atoms with Gasteiger partial charge in [0, 0.05) is 37.4 Å². The molecule has 36 heavy (non-hydrogen) atoms. The van der Waals surface area contributed by atoms with Gasteiger partial charge in [0.05, 0.1) is 11.3 Å². The van der Waals surface area contributed by atoms with Gasteiger partial charge in [0.1, 0.15) is 18.5 Å². The molecule has 184 valence electrons. The van der Waals surface area contributed by atoms with Gasteiger partial charge < -0.3 is 25.4 Å². The second-order valence-electron chi connectivity index (χ2n) is 8.06. The number of anilines is 1. The van der Waals surface area contributed by atoms with Gasteiger partial charge in [0.2, 0.25) is 11.8 Å². The lowest BCUT2D eigenvalue weighted by Crippen LogP contribution is -2.31. The minimum atomic E-state index is -1.15. The van der Waals surface area contributed by atoms with E-state index in [4.69, 9.17) is 20.1 Å². The summed E-state index contributed by atoms with van der Waals surface area (Å²) in [5, 5.41) is 15.7. The summed E-state index contributed by atoms with van der Waals surface area (Å²) in [6, 6.07) is 17.7. The van der Waals surface area contributed by atoms with Crippen LogP contribution in [0.3, 0.4) is 0 Å². The minimum absolute atomic E-state index is 0.0177. The molecular weight excluding hydrogens is 462 g/mol. The Morgan fingerprint density at radius 2 is 1.81 bits per heavy atom. The van der Waals surface area contributed by atoms with E-state index >= 15 is 0 Å². The van der Waals surface area contributed by atoms with E-state index in [0.29, 0.717) is 36.0 Å². The fraction of sp³-hybridized carbons (Fsp3) is 0.192. The van der Waals surface area contributed by atoms with Gasteiger partial charge in [-0.1, -0.05) is 35.5 Å². The van der Waals surface area contributed by atoms with Gasteiger partial charge in [0.25, 0.3) is 0 Å². The average molecular weight is 488 g/mol. The van der Waals surface area contributed by atoms with E-state index in [0.717, 1.165) is 16.8 Å². The highest BCUT2D eigenvalue weighted by Crippen LogP contribution is 2.27. The predicted molar refractivity (Wildman–Crippen MR) is 131 cm³/mol. The van der Waals surface area contributed by atoms with E-state index in [1.807, 2.05) is 42.5 Å². The predicted octanol–water partition coefficient (Wildman–Crippen LogP) is 3.43. The molecule has 0 fully saturated rings. The third-order valence-electron chi connectivity index (χ3n) is 5.32. The first-order chi connectivity index (χ1) is 17.5. The molecule has 4 rings (SSSR count). The molecule has 4 N–H and O–H groups in total. The number of rotatable bonds is 11. The largest absolute Gasteiger partial charge is 0.480 e. The number of pyridine rings is 2. The number of ether oxygens (including phenoxy) is 1. The van der Waals surface area contributed by atoms with E-state index in [1.54, 1.807) is 30.6 Å². The van der Waals surface area contributed by atoms with E-state index in [-0.39, 0.29) is 12.8 Å². The fourth-order valence-corrected chi connectivity index (χ4v) is 3.38. The summed E-state index contributed by atoms with van der Waals surface area (Å²) in [5.74, 6) is -0.213. The fourth-order valence-electron chi connectivity index (χ4n) is 3.38. The second kappa shape index (κ2) is 11.7. The highest BCUT2D eigenvalue weighted by atomic mass is 16.5. The number of hydrogen-bond donors (Lipinski definition) is 3. The van der Waals surface area contributed by atoms with Crippen LogP contribution in [0.15, 0.2) is 77.6 Å². The molecule has 0 bridgehead atoms. The number of carboxylic acid groups (broad SMARTS) is 1. The van der Waals surface area contributed by atoms with E-state index in [2.05, 4.69) is 20.4 Å². The summed E-state index contributed by atoms with van der Waals surface area (Å²) in [4.78, 5) is 31.5. The van der Waals surface area contributed by atoms with Crippen molar-refractivity contribution < 1.29 is 24.0 Å². The zero-order valence-electron chi connectivity index (χ0n) is 19.3. The van der Waals surface area contributed by atoms with Crippen LogP contribution >= 0.6 is 0 Å². The Labute approximate surface area is 207 Å². The van der Waals surface area contributed by atoms with Crippen LogP contribution in [-0.2, 0) is 22.6 Å². The number of benzene rings is 1. The zero-order chi connectivity index (χ0) is 25.3. The molecule has 1 atom stereocenters. The Morgan fingerprint density at radius 1 is 1.03 bits per heavy atom. The molecule has 3 heterocycles. The van der Waals surface area contributed by atoms with Crippen molar-refractivity contribution in [2.75, 3.05) is 5.32 Å². The molecule has 0 radical (unpaired) electrons. The molecule has 0 saturated carbocycles. The van der Waals surface area contributed by atoms with Crippen LogP contribution in [0.2, 0.25) is 0 Å². The van der Waals surface area contributed by atoms with Gasteiger partial charge >= 0.3 is 5.97 Å². The third-order valence-corrected chi connectivity index (χ3v) is 5.32. The van der Waals surface area contributed by atoms with Crippen LogP contribution < -0.4 is 15.8 Å². The van der Waals surface area contributed by atoms with Crippen molar-refractivity contribution in [2.24, 2.45) is 5.73 Å². The number of nitrogens with zero attached hydrogens (tertiary/aromatic N) is 3. The molecule has 1 amide bonds. The Kier molecular flexibility index (Phi) is 7.99. The lowest BCUT2D eigenvalue weighted by molar-refractivity contribution is -0.138. The molecule has 1 aromatic carbocycles. The monoisotopic (exact) mass is 487 g/mol. The summed E-state index contributed by atoms with van der Waals surface area (Å²) in [5.41, 5.74) is 8.81. The lowest BCUT2D eigenvalue weighted by Gasteiger charge is -2.09. The number of carbonyl (C=O) groups is 2. The summed E-state index contributed by atoms with van der Waals surface area (Å²) < 4.78 is 11.2. The van der Waals surface area contributed by atoms with Crippen molar-refractivity contribution in [1.82, 2.24) is 15.1 Å². The third kappa shape index (κ3) is 6.73. The van der Waals surface area contributed by atoms with E-state index < -0.39 is 17.9 Å². The van der Waals surface area contributed by atoms with Crippen molar-refractivity contribution in [2.45, 2.75) is 31.9 Å². The van der Waals surface area contributed by atoms with Crippen molar-refractivity contribution in [3.05, 3.63) is 89.9 Å². The maximum atomic E-state index is 12.3. The first-order valence-electron chi connectivity index (χ1n) is 11.3. The van der Waals surface area contributed by atoms with Crippen molar-refractivity contribution in [1.29, 1.82) is 0 Å². The topological polar surface area (TPSA) is 153 Å². The molecule has 0 spiro atoms. The normalized spacial score (nSPS) is 11.6. The number of hydrogen-bond acceptors (Lipinski definition) is 8. The molecular formula is C26H25N5O5. The molecule has 0 unspecified atom stereocenters. The zero-order valence-corrected chi connectivity index (χ0v) is 19.3. The van der Waals surface area contributed by atoms with Gasteiger partial charge in [0.15, 0.2) is 5.76 Å². The Morgan fingerprint density at radius 3 is 2.56 bits per heavy atom. The lowest BCUT2D eigenvalue weighted by atomic mass is 10.1. The van der Waals surface area contributed by atoms with Gasteiger partial charge in [-0.05, 0) is 35.7 Å². The van der Waals surface area contributed by atoms with Gasteiger partial charge in [-0.2, -0.15) is 0 Å². The number of aromatic nitrogens is 3. The molecule has 10 heteroatoms. The van der Waals surface area contributed by atoms with Crippen molar-refractivity contribution in [3.63, 3.8) is 0 Å². The number of nitrogens with one attached hydrogen (secondary N) is 1. The van der Waals surface area contributed by atoms with E-state index in [1.165, 1.54) is 0 Å². The maximum Gasteiger partial charge on any atom is 0.320 e. The first-order valence-corrected chi connectivity index (χ1v) is 11.3. The summed E-state index contributed by atoms with van der Waals surface area (Å²) in [7, 11) is 0. The number of carbonyl (C=O) groups excluding carboxylic acids is 1. The van der Waals surface area contributed by atoms with Crippen LogP contribution in [0.5, 0.6) is 5.88 Å². The molecule has 3 aromatic heterocycles. The quantitative estimate of drug-likeness (QED) is 0.289. The summed E-state index contributed by atoms with van der Waals surface area (Å²) >= 11 is 0. The van der Waals surface area contributed by atoms with Crippen LogP contribution in [0, 0.1) is 0 Å². The molecule has 0 aliphatic heterocycles. The average Bonchev–Trinajstić information content (AvgIpc) is 3.36. The first kappa shape index (κ1) is 24.6. The number of amides is 1. The number of aliphatic carboxylic acids is 1. The van der Waals surface area contributed by atoms with Crippen LogP contribution in [0.1, 0.15) is 29.7 Å². The molecule has 0 aliphatic carbocycles. The molecule has 0 saturated heterocycles. The highest BCUT2D eigenvalue weighted by Gasteiger charge is 2.17. The maximum absolute atomic E-state index is 12.3. The Bertz CT molecular complexity index is 1310. The number of nitrogens with two attached hydrogens (primary N) is 1. The van der Waals surface area contributed by atoms with Gasteiger partial charge in [-0.3, -0.25) is 9.59 Å². The molecule has 4 aromatic rings. The Balaban J connectivity index is 1.36. The van der Waals surface area contributed by atoms with Crippen LogP contribution in [-0.4, -0.2) is 38.1 Å². The van der Waals surface area contributed by atoms with Crippen molar-refractivity contribution in [3.8, 4) is 17.2 Å². The SMILES string of the molecule is N[C@@H](CCC(=O)Nc1ncccc1-c1cc(Cc2ccc(COc3ccccn3)cc2)no1)C(=O)O. The summed E-state index contributed by atoms with van der Waals surface area (Å²) in [6.45, 7) is 0.420. The Hall–Kier alpha value is -4.57. The highest BCUT2D eigenvalue weighted by molar-refractivity contribution is 5.93. The van der Waals surface area contributed by atoms with Crippen LogP contribution in [0.25, 0.3) is 11.3 Å². The van der Waals surface area contributed by atoms with E-state index in [9.17, 15) is 9.59 Å². The van der Waals surface area contributed by atoms with Crippen molar-refractivity contribution >= 4 is 17.7 Å².